The summed E-state index contributed by atoms with van der Waals surface area (Å²) in [4.78, 5) is 37.4. The van der Waals surface area contributed by atoms with E-state index in [0.29, 0.717) is 42.5 Å². The van der Waals surface area contributed by atoms with Crippen molar-refractivity contribution in [2.45, 2.75) is 33.2 Å². The number of nitrogens with one attached hydrogen (secondary N) is 2. The van der Waals surface area contributed by atoms with E-state index in [-0.39, 0.29) is 41.7 Å². The Bertz CT molecular complexity index is 1380. The molecule has 1 aromatic heterocycles. The molecule has 1 fully saturated rings. The zero-order valence-corrected chi connectivity index (χ0v) is 22.7. The fourth-order valence-corrected chi connectivity index (χ4v) is 4.69. The number of hydrogen-bond acceptors (Lipinski definition) is 5. The number of nitrogens with zero attached hydrogens (tertiary/aromatic N) is 3. The van der Waals surface area contributed by atoms with E-state index in [4.69, 9.17) is 10.1 Å². The summed E-state index contributed by atoms with van der Waals surface area (Å²) >= 11 is 0. The van der Waals surface area contributed by atoms with E-state index in [1.54, 1.807) is 30.2 Å². The van der Waals surface area contributed by atoms with Gasteiger partial charge in [0.15, 0.2) is 0 Å². The molecule has 1 unspecified atom stereocenters. The van der Waals surface area contributed by atoms with Crippen molar-refractivity contribution in [1.82, 2.24) is 19.8 Å². The van der Waals surface area contributed by atoms with Crippen LogP contribution in [0.4, 0.5) is 4.39 Å². The molecule has 2 amide bonds. The Balaban J connectivity index is 1.42. The Labute approximate surface area is 228 Å². The first-order chi connectivity index (χ1) is 18.7. The lowest BCUT2D eigenvalue weighted by Gasteiger charge is -2.39. The summed E-state index contributed by atoms with van der Waals surface area (Å²) in [6.07, 6.45) is 3.48. The maximum absolute atomic E-state index is 13.3. The third kappa shape index (κ3) is 6.60. The average Bonchev–Trinajstić information content (AvgIpc) is 3.41. The second kappa shape index (κ2) is 12.1. The van der Waals surface area contributed by atoms with E-state index in [0.717, 1.165) is 11.1 Å². The van der Waals surface area contributed by atoms with Crippen molar-refractivity contribution in [3.8, 4) is 5.75 Å². The zero-order valence-electron chi connectivity index (χ0n) is 22.7. The van der Waals surface area contributed by atoms with E-state index in [9.17, 15) is 14.0 Å². The Morgan fingerprint density at radius 1 is 1.21 bits per heavy atom. The molecule has 39 heavy (non-hydrogen) atoms. The standard InChI is InChI=1S/C30H34FN5O3/c1-19(2)25(16-26(32)22-8-10-23(31)11-9-22)29-33-17-27(34-29)30(38)35-12-13-36(20(3)18-35)28(37)15-21-6-5-7-24(14-21)39-4/h5-11,14,16-17,19-20,32H,12-13,15,18H2,1-4H3,(H,33,34)/b25-16-,32-26?. The summed E-state index contributed by atoms with van der Waals surface area (Å²) in [7, 11) is 1.60. The second-order valence-electron chi connectivity index (χ2n) is 10.0. The van der Waals surface area contributed by atoms with Gasteiger partial charge in [0.05, 0.1) is 25.4 Å². The van der Waals surface area contributed by atoms with Crippen molar-refractivity contribution >= 4 is 23.1 Å². The van der Waals surface area contributed by atoms with Gasteiger partial charge >= 0.3 is 0 Å². The van der Waals surface area contributed by atoms with E-state index in [1.165, 1.54) is 18.3 Å². The largest absolute Gasteiger partial charge is 0.497 e. The number of aromatic nitrogens is 2. The quantitative estimate of drug-likeness (QED) is 0.416. The molecule has 2 heterocycles. The van der Waals surface area contributed by atoms with Crippen molar-refractivity contribution in [2.24, 2.45) is 5.92 Å². The average molecular weight is 532 g/mol. The topological polar surface area (TPSA) is 102 Å². The van der Waals surface area contributed by atoms with Gasteiger partial charge in [-0.2, -0.15) is 0 Å². The molecule has 2 N–H and O–H groups in total. The molecule has 9 heteroatoms. The van der Waals surface area contributed by atoms with Crippen LogP contribution in [-0.2, 0) is 11.2 Å². The third-order valence-electron chi connectivity index (χ3n) is 6.88. The number of methoxy groups -OCH3 is 1. The number of amides is 2. The van der Waals surface area contributed by atoms with Crippen molar-refractivity contribution in [3.63, 3.8) is 0 Å². The van der Waals surface area contributed by atoms with Crippen molar-refractivity contribution in [3.05, 3.63) is 89.3 Å². The summed E-state index contributed by atoms with van der Waals surface area (Å²) in [5, 5.41) is 8.44. The highest BCUT2D eigenvalue weighted by atomic mass is 19.1. The summed E-state index contributed by atoms with van der Waals surface area (Å²) in [6, 6.07) is 13.1. The van der Waals surface area contributed by atoms with Gasteiger partial charge in [-0.3, -0.25) is 9.59 Å². The van der Waals surface area contributed by atoms with Crippen LogP contribution in [-0.4, -0.2) is 70.1 Å². The van der Waals surface area contributed by atoms with Gasteiger partial charge in [0, 0.05) is 25.7 Å². The minimum Gasteiger partial charge on any atom is -0.497 e. The van der Waals surface area contributed by atoms with Crippen molar-refractivity contribution in [1.29, 1.82) is 5.41 Å². The van der Waals surface area contributed by atoms with Gasteiger partial charge in [-0.15, -0.1) is 0 Å². The molecule has 1 saturated heterocycles. The lowest BCUT2D eigenvalue weighted by molar-refractivity contribution is -0.134. The number of allylic oxidation sites excluding steroid dienone is 2. The fourth-order valence-electron chi connectivity index (χ4n) is 4.69. The fraction of sp³-hybridized carbons (Fsp3) is 0.333. The minimum absolute atomic E-state index is 0.0157. The monoisotopic (exact) mass is 531 g/mol. The number of H-pyrrole nitrogens is 1. The predicted molar refractivity (Wildman–Crippen MR) is 148 cm³/mol. The number of ether oxygens (including phenoxy) is 1. The summed E-state index contributed by atoms with van der Waals surface area (Å²) in [5.41, 5.74) is 2.83. The molecule has 1 atom stereocenters. The molecular weight excluding hydrogens is 497 g/mol. The molecule has 4 rings (SSSR count). The number of piperazine rings is 1. The van der Waals surface area contributed by atoms with Crippen LogP contribution in [0.25, 0.3) is 5.57 Å². The van der Waals surface area contributed by atoms with Gasteiger partial charge < -0.3 is 24.9 Å². The van der Waals surface area contributed by atoms with Crippen LogP contribution in [0.15, 0.2) is 60.8 Å². The number of aromatic amines is 1. The van der Waals surface area contributed by atoms with E-state index >= 15 is 0 Å². The highest BCUT2D eigenvalue weighted by Crippen LogP contribution is 2.23. The third-order valence-corrected chi connectivity index (χ3v) is 6.88. The van der Waals surface area contributed by atoms with Crippen LogP contribution in [0.5, 0.6) is 5.75 Å². The number of benzene rings is 2. The van der Waals surface area contributed by atoms with Gasteiger partial charge in [0.25, 0.3) is 5.91 Å². The number of rotatable bonds is 8. The lowest BCUT2D eigenvalue weighted by Crippen LogP contribution is -2.55. The zero-order chi connectivity index (χ0) is 28.1. The van der Waals surface area contributed by atoms with Crippen LogP contribution in [0.2, 0.25) is 0 Å². The molecule has 0 spiro atoms. The predicted octanol–water partition coefficient (Wildman–Crippen LogP) is 4.58. The second-order valence-corrected chi connectivity index (χ2v) is 10.0. The van der Waals surface area contributed by atoms with Crippen molar-refractivity contribution in [2.75, 3.05) is 26.7 Å². The Morgan fingerprint density at radius 2 is 1.95 bits per heavy atom. The SMILES string of the molecule is COc1cccc(CC(=O)N2CCN(C(=O)c3cnc(/C(=C\C(=N)c4ccc(F)cc4)C(C)C)[nH]3)CC2C)c1. The molecule has 2 aromatic carbocycles. The molecule has 1 aliphatic heterocycles. The van der Waals surface area contributed by atoms with Crippen LogP contribution in [0.1, 0.15) is 48.2 Å². The number of carbonyl (C=O) groups excluding carboxylic acids is 2. The molecule has 0 saturated carbocycles. The number of halogens is 1. The van der Waals surface area contributed by atoms with Crippen LogP contribution >= 0.6 is 0 Å². The summed E-state index contributed by atoms with van der Waals surface area (Å²) in [6.45, 7) is 7.20. The Kier molecular flexibility index (Phi) is 8.59. The minimum atomic E-state index is -0.356. The van der Waals surface area contributed by atoms with Crippen molar-refractivity contribution < 1.29 is 18.7 Å². The van der Waals surface area contributed by atoms with Gasteiger partial charge in [-0.1, -0.05) is 26.0 Å². The normalized spacial score (nSPS) is 15.9. The molecule has 204 valence electrons. The van der Waals surface area contributed by atoms with Gasteiger partial charge in [-0.05, 0) is 72.0 Å². The first-order valence-electron chi connectivity index (χ1n) is 13.0. The maximum atomic E-state index is 13.3. The molecule has 0 bridgehead atoms. The van der Waals surface area contributed by atoms with Gasteiger partial charge in [-0.25, -0.2) is 9.37 Å². The lowest BCUT2D eigenvalue weighted by atomic mass is 9.98. The Morgan fingerprint density at radius 3 is 2.62 bits per heavy atom. The first-order valence-corrected chi connectivity index (χ1v) is 13.0. The molecule has 0 radical (unpaired) electrons. The van der Waals surface area contributed by atoms with E-state index in [2.05, 4.69) is 9.97 Å². The molecule has 1 aliphatic rings. The summed E-state index contributed by atoms with van der Waals surface area (Å²) in [5.74, 6) is 0.731. The van der Waals surface area contributed by atoms with Gasteiger partial charge in [0.1, 0.15) is 23.1 Å². The highest BCUT2D eigenvalue weighted by molar-refractivity contribution is 6.10. The number of imidazole rings is 1. The maximum Gasteiger partial charge on any atom is 0.272 e. The number of hydrogen-bond donors (Lipinski definition) is 2. The van der Waals surface area contributed by atoms with Crippen LogP contribution in [0.3, 0.4) is 0 Å². The Hall–Kier alpha value is -4.27. The molecule has 3 aromatic rings. The number of carbonyl (C=O) groups is 2. The van der Waals surface area contributed by atoms with E-state index < -0.39 is 0 Å². The summed E-state index contributed by atoms with van der Waals surface area (Å²) < 4.78 is 18.5. The molecule has 8 nitrogen and oxygen atoms in total. The van der Waals surface area contributed by atoms with Crippen LogP contribution in [0, 0.1) is 17.1 Å². The molecular formula is C30H34FN5O3. The van der Waals surface area contributed by atoms with Crippen LogP contribution < -0.4 is 4.74 Å². The smallest absolute Gasteiger partial charge is 0.272 e. The van der Waals surface area contributed by atoms with E-state index in [1.807, 2.05) is 49.9 Å². The van der Waals surface area contributed by atoms with Gasteiger partial charge in [0.2, 0.25) is 5.91 Å². The molecule has 0 aliphatic carbocycles. The highest BCUT2D eigenvalue weighted by Gasteiger charge is 2.31. The first kappa shape index (κ1) is 27.8.